The molecule has 0 bridgehead atoms. The third kappa shape index (κ3) is 3.01. The van der Waals surface area contributed by atoms with Crippen molar-refractivity contribution in [2.45, 2.75) is 32.4 Å². The molecular formula is C16H21N4O2+. The highest BCUT2D eigenvalue weighted by molar-refractivity contribution is 5.78. The summed E-state index contributed by atoms with van der Waals surface area (Å²) in [6, 6.07) is 7.24. The molecule has 2 aromatic rings. The Kier molecular flexibility index (Phi) is 4.20. The van der Waals surface area contributed by atoms with E-state index >= 15 is 0 Å². The number of carbonyl (C=O) groups is 1. The lowest BCUT2D eigenvalue weighted by Gasteiger charge is -2.24. The Bertz CT molecular complexity index is 747. The lowest BCUT2D eigenvalue weighted by molar-refractivity contribution is -0.919. The molecule has 1 saturated heterocycles. The van der Waals surface area contributed by atoms with Gasteiger partial charge in [-0.25, -0.2) is 4.98 Å². The highest BCUT2D eigenvalue weighted by atomic mass is 16.2. The van der Waals surface area contributed by atoms with Crippen LogP contribution in [0.25, 0.3) is 10.9 Å². The van der Waals surface area contributed by atoms with E-state index in [1.165, 1.54) is 28.7 Å². The number of primary amides is 1. The van der Waals surface area contributed by atoms with Crippen LogP contribution in [0.4, 0.5) is 0 Å². The standard InChI is InChI=1S/C16H20N4O2/c17-14(21)10-20-15(11-19-8-4-1-5-9-19)18-13-7-3-2-6-12(13)16(20)22/h2-3,6-7H,1,4-5,8-11H2,(H2,17,21)/p+1. The first kappa shape index (κ1) is 14.7. The van der Waals surface area contributed by atoms with Crippen LogP contribution in [0.3, 0.4) is 0 Å². The predicted octanol–water partition coefficient (Wildman–Crippen LogP) is -0.549. The third-order valence-electron chi connectivity index (χ3n) is 4.22. The Labute approximate surface area is 128 Å². The molecule has 0 atom stereocenters. The molecule has 1 aliphatic rings. The smallest absolute Gasteiger partial charge is 0.262 e. The molecule has 0 aliphatic carbocycles. The zero-order valence-corrected chi connectivity index (χ0v) is 12.5. The lowest BCUT2D eigenvalue weighted by atomic mass is 10.1. The van der Waals surface area contributed by atoms with Crippen LogP contribution >= 0.6 is 0 Å². The maximum absolute atomic E-state index is 12.6. The Hall–Kier alpha value is -2.21. The molecule has 1 aromatic heterocycles. The molecular weight excluding hydrogens is 280 g/mol. The van der Waals surface area contributed by atoms with Gasteiger partial charge in [0.05, 0.1) is 24.0 Å². The van der Waals surface area contributed by atoms with Crippen molar-refractivity contribution >= 4 is 16.8 Å². The van der Waals surface area contributed by atoms with Gasteiger partial charge in [0.15, 0.2) is 5.82 Å². The van der Waals surface area contributed by atoms with E-state index in [4.69, 9.17) is 5.73 Å². The van der Waals surface area contributed by atoms with Crippen LogP contribution in [0.1, 0.15) is 25.1 Å². The van der Waals surface area contributed by atoms with E-state index in [0.29, 0.717) is 23.3 Å². The van der Waals surface area contributed by atoms with Gasteiger partial charge in [-0.05, 0) is 31.4 Å². The van der Waals surface area contributed by atoms with Crippen LogP contribution in [-0.4, -0.2) is 28.5 Å². The molecule has 1 aliphatic heterocycles. The van der Waals surface area contributed by atoms with Gasteiger partial charge in [-0.3, -0.25) is 14.2 Å². The van der Waals surface area contributed by atoms with Gasteiger partial charge in [0, 0.05) is 0 Å². The second kappa shape index (κ2) is 6.27. The summed E-state index contributed by atoms with van der Waals surface area (Å²) in [6.45, 7) is 2.71. The van der Waals surface area contributed by atoms with E-state index in [2.05, 4.69) is 4.98 Å². The fourth-order valence-corrected chi connectivity index (χ4v) is 3.12. The fourth-order valence-electron chi connectivity index (χ4n) is 3.12. The fraction of sp³-hybridized carbons (Fsp3) is 0.438. The van der Waals surface area contributed by atoms with Crippen molar-refractivity contribution in [2.75, 3.05) is 13.1 Å². The van der Waals surface area contributed by atoms with Gasteiger partial charge < -0.3 is 10.6 Å². The van der Waals surface area contributed by atoms with Crippen LogP contribution in [0.2, 0.25) is 0 Å². The number of benzene rings is 1. The molecule has 116 valence electrons. The zero-order valence-electron chi connectivity index (χ0n) is 12.5. The first-order chi connectivity index (χ1) is 10.6. The minimum Gasteiger partial charge on any atom is -0.368 e. The van der Waals surface area contributed by atoms with E-state index in [0.717, 1.165) is 13.1 Å². The molecule has 0 unspecified atom stereocenters. The summed E-state index contributed by atoms with van der Waals surface area (Å²) >= 11 is 0. The molecule has 1 aromatic carbocycles. The number of hydrogen-bond donors (Lipinski definition) is 2. The number of piperidine rings is 1. The second-order valence-corrected chi connectivity index (χ2v) is 5.89. The maximum atomic E-state index is 12.6. The van der Waals surface area contributed by atoms with Crippen molar-refractivity contribution in [1.29, 1.82) is 0 Å². The highest BCUT2D eigenvalue weighted by Crippen LogP contribution is 2.08. The Morgan fingerprint density at radius 3 is 2.68 bits per heavy atom. The Balaban J connectivity index is 2.05. The number of carbonyl (C=O) groups excluding carboxylic acids is 1. The molecule has 1 amide bonds. The summed E-state index contributed by atoms with van der Waals surface area (Å²) < 4.78 is 1.44. The average molecular weight is 301 g/mol. The lowest BCUT2D eigenvalue weighted by Crippen LogP contribution is -3.11. The van der Waals surface area contributed by atoms with E-state index in [-0.39, 0.29) is 12.1 Å². The van der Waals surface area contributed by atoms with Crippen molar-refractivity contribution in [3.05, 3.63) is 40.4 Å². The van der Waals surface area contributed by atoms with Crippen LogP contribution < -0.4 is 16.2 Å². The van der Waals surface area contributed by atoms with E-state index in [1.54, 1.807) is 12.1 Å². The van der Waals surface area contributed by atoms with Crippen molar-refractivity contribution < 1.29 is 9.69 Å². The highest BCUT2D eigenvalue weighted by Gasteiger charge is 2.19. The van der Waals surface area contributed by atoms with Gasteiger partial charge in [0.1, 0.15) is 13.1 Å². The second-order valence-electron chi connectivity index (χ2n) is 5.89. The first-order valence-corrected chi connectivity index (χ1v) is 7.75. The first-order valence-electron chi connectivity index (χ1n) is 7.75. The number of nitrogens with one attached hydrogen (secondary N) is 1. The van der Waals surface area contributed by atoms with E-state index in [9.17, 15) is 9.59 Å². The summed E-state index contributed by atoms with van der Waals surface area (Å²) in [5.41, 5.74) is 5.80. The van der Waals surface area contributed by atoms with Crippen LogP contribution in [-0.2, 0) is 17.9 Å². The number of likely N-dealkylation sites (tertiary alicyclic amines) is 1. The minimum atomic E-state index is -0.519. The van der Waals surface area contributed by atoms with Crippen LogP contribution in [0.15, 0.2) is 29.1 Å². The Morgan fingerprint density at radius 2 is 1.95 bits per heavy atom. The van der Waals surface area contributed by atoms with Gasteiger partial charge in [-0.15, -0.1) is 0 Å². The minimum absolute atomic E-state index is 0.112. The summed E-state index contributed by atoms with van der Waals surface area (Å²) in [5.74, 6) is 0.133. The molecule has 6 heteroatoms. The quantitative estimate of drug-likeness (QED) is 0.795. The number of nitrogens with two attached hydrogens (primary N) is 1. The number of rotatable bonds is 4. The summed E-state index contributed by atoms with van der Waals surface area (Å²) in [6.07, 6.45) is 3.66. The summed E-state index contributed by atoms with van der Waals surface area (Å²) in [5, 5.41) is 0.529. The number of quaternary nitrogens is 1. The number of nitrogens with zero attached hydrogens (tertiary/aromatic N) is 2. The number of amides is 1. The number of hydrogen-bond acceptors (Lipinski definition) is 3. The van der Waals surface area contributed by atoms with Gasteiger partial charge in [-0.2, -0.15) is 0 Å². The molecule has 2 heterocycles. The summed E-state index contributed by atoms with van der Waals surface area (Å²) in [7, 11) is 0. The van der Waals surface area contributed by atoms with Crippen molar-refractivity contribution in [2.24, 2.45) is 5.73 Å². The molecule has 3 N–H and O–H groups in total. The number of fused-ring (bicyclic) bond motifs is 1. The molecule has 0 radical (unpaired) electrons. The van der Waals surface area contributed by atoms with Crippen molar-refractivity contribution in [1.82, 2.24) is 9.55 Å². The predicted molar refractivity (Wildman–Crippen MR) is 83.4 cm³/mol. The molecule has 6 nitrogen and oxygen atoms in total. The number of para-hydroxylation sites is 1. The number of aromatic nitrogens is 2. The van der Waals surface area contributed by atoms with Crippen LogP contribution in [0.5, 0.6) is 0 Å². The Morgan fingerprint density at radius 1 is 1.23 bits per heavy atom. The van der Waals surface area contributed by atoms with Gasteiger partial charge >= 0.3 is 0 Å². The molecule has 0 saturated carbocycles. The molecule has 0 spiro atoms. The monoisotopic (exact) mass is 301 g/mol. The van der Waals surface area contributed by atoms with Crippen molar-refractivity contribution in [3.8, 4) is 0 Å². The SMILES string of the molecule is NC(=O)Cn1c(C[NH+]2CCCCC2)nc2ccccc2c1=O. The molecule has 22 heavy (non-hydrogen) atoms. The normalized spacial score (nSPS) is 16.0. The largest absolute Gasteiger partial charge is 0.368 e. The molecule has 3 rings (SSSR count). The zero-order chi connectivity index (χ0) is 15.5. The third-order valence-corrected chi connectivity index (χ3v) is 4.22. The van der Waals surface area contributed by atoms with Gasteiger partial charge in [0.2, 0.25) is 5.91 Å². The van der Waals surface area contributed by atoms with Crippen molar-refractivity contribution in [3.63, 3.8) is 0 Å². The van der Waals surface area contributed by atoms with Gasteiger partial charge in [0.25, 0.3) is 5.56 Å². The average Bonchev–Trinajstić information content (AvgIpc) is 2.52. The topological polar surface area (TPSA) is 82.4 Å². The molecule has 1 fully saturated rings. The van der Waals surface area contributed by atoms with Crippen LogP contribution in [0, 0.1) is 0 Å². The summed E-state index contributed by atoms with van der Waals surface area (Å²) in [4.78, 5) is 30.0. The van der Waals surface area contributed by atoms with E-state index in [1.807, 2.05) is 12.1 Å². The van der Waals surface area contributed by atoms with Gasteiger partial charge in [-0.1, -0.05) is 12.1 Å². The van der Waals surface area contributed by atoms with E-state index < -0.39 is 5.91 Å². The maximum Gasteiger partial charge on any atom is 0.262 e.